The molecule has 3 heteroatoms. The summed E-state index contributed by atoms with van der Waals surface area (Å²) in [4.78, 5) is 13.2. The summed E-state index contributed by atoms with van der Waals surface area (Å²) in [7, 11) is 0. The van der Waals surface area contributed by atoms with Gasteiger partial charge in [-0.2, -0.15) is 0 Å². The maximum atomic E-state index is 12.1. The van der Waals surface area contributed by atoms with Gasteiger partial charge in [-0.3, -0.25) is 4.79 Å². The minimum absolute atomic E-state index is 0.0699. The Labute approximate surface area is 118 Å². The summed E-state index contributed by atoms with van der Waals surface area (Å²) >= 11 is 1.68. The van der Waals surface area contributed by atoms with Crippen molar-refractivity contribution in [1.29, 1.82) is 0 Å². The minimum atomic E-state index is -0.0699. The SMILES string of the molecule is CCc1ccc(C(=O)Nc2ccc(SC)cc2)cc1. The van der Waals surface area contributed by atoms with E-state index in [1.165, 1.54) is 10.5 Å². The number of aryl methyl sites for hydroxylation is 1. The smallest absolute Gasteiger partial charge is 0.255 e. The van der Waals surface area contributed by atoms with Crippen molar-refractivity contribution in [3.8, 4) is 0 Å². The normalized spacial score (nSPS) is 10.2. The number of thioether (sulfide) groups is 1. The van der Waals surface area contributed by atoms with Crippen LogP contribution in [0.2, 0.25) is 0 Å². The van der Waals surface area contributed by atoms with Crippen LogP contribution in [-0.2, 0) is 6.42 Å². The molecule has 1 amide bonds. The number of carbonyl (C=O) groups excluding carboxylic acids is 1. The number of rotatable bonds is 4. The number of anilines is 1. The molecular formula is C16H17NOS. The van der Waals surface area contributed by atoms with Crippen molar-refractivity contribution >= 4 is 23.4 Å². The summed E-state index contributed by atoms with van der Waals surface area (Å²) in [5.74, 6) is -0.0699. The molecule has 0 aliphatic heterocycles. The Bertz CT molecular complexity index is 546. The third kappa shape index (κ3) is 3.61. The van der Waals surface area contributed by atoms with E-state index in [4.69, 9.17) is 0 Å². The number of benzene rings is 2. The third-order valence-corrected chi connectivity index (χ3v) is 3.72. The summed E-state index contributed by atoms with van der Waals surface area (Å²) in [6.45, 7) is 2.10. The summed E-state index contributed by atoms with van der Waals surface area (Å²) < 4.78 is 0. The lowest BCUT2D eigenvalue weighted by molar-refractivity contribution is 0.102. The molecule has 0 aliphatic rings. The fourth-order valence-corrected chi connectivity index (χ4v) is 2.18. The predicted octanol–water partition coefficient (Wildman–Crippen LogP) is 4.22. The average molecular weight is 271 g/mol. The molecule has 98 valence electrons. The van der Waals surface area contributed by atoms with Gasteiger partial charge < -0.3 is 5.32 Å². The van der Waals surface area contributed by atoms with E-state index in [9.17, 15) is 4.79 Å². The zero-order valence-corrected chi connectivity index (χ0v) is 12.0. The second kappa shape index (κ2) is 6.43. The van der Waals surface area contributed by atoms with Crippen LogP contribution in [0.3, 0.4) is 0 Å². The molecule has 0 spiro atoms. The molecule has 2 aromatic rings. The zero-order chi connectivity index (χ0) is 13.7. The van der Waals surface area contributed by atoms with Gasteiger partial charge in [-0.25, -0.2) is 0 Å². The molecule has 19 heavy (non-hydrogen) atoms. The van der Waals surface area contributed by atoms with E-state index < -0.39 is 0 Å². The number of amides is 1. The molecule has 0 saturated heterocycles. The average Bonchev–Trinajstić information content (AvgIpc) is 2.48. The highest BCUT2D eigenvalue weighted by atomic mass is 32.2. The topological polar surface area (TPSA) is 29.1 Å². The van der Waals surface area contributed by atoms with E-state index in [0.717, 1.165) is 12.1 Å². The van der Waals surface area contributed by atoms with Crippen LogP contribution in [0.1, 0.15) is 22.8 Å². The first kappa shape index (κ1) is 13.7. The van der Waals surface area contributed by atoms with Gasteiger partial charge >= 0.3 is 0 Å². The van der Waals surface area contributed by atoms with Gasteiger partial charge in [-0.15, -0.1) is 11.8 Å². The van der Waals surface area contributed by atoms with Crippen LogP contribution in [0.5, 0.6) is 0 Å². The van der Waals surface area contributed by atoms with E-state index in [2.05, 4.69) is 12.2 Å². The van der Waals surface area contributed by atoms with Crippen molar-refractivity contribution in [2.75, 3.05) is 11.6 Å². The Balaban J connectivity index is 2.06. The van der Waals surface area contributed by atoms with Gasteiger partial charge in [0.1, 0.15) is 0 Å². The first-order valence-electron chi connectivity index (χ1n) is 6.27. The maximum absolute atomic E-state index is 12.1. The van der Waals surface area contributed by atoms with Crippen molar-refractivity contribution in [2.45, 2.75) is 18.2 Å². The van der Waals surface area contributed by atoms with Crippen molar-refractivity contribution in [3.63, 3.8) is 0 Å². The molecule has 2 aromatic carbocycles. The molecule has 0 aromatic heterocycles. The van der Waals surface area contributed by atoms with Crippen LogP contribution in [-0.4, -0.2) is 12.2 Å². The van der Waals surface area contributed by atoms with Gasteiger partial charge in [-0.05, 0) is 54.6 Å². The van der Waals surface area contributed by atoms with E-state index in [1.807, 2.05) is 54.8 Å². The van der Waals surface area contributed by atoms with Gasteiger partial charge in [0.05, 0.1) is 0 Å². The van der Waals surface area contributed by atoms with Crippen molar-refractivity contribution in [1.82, 2.24) is 0 Å². The number of hydrogen-bond donors (Lipinski definition) is 1. The fraction of sp³-hybridized carbons (Fsp3) is 0.188. The molecule has 0 radical (unpaired) electrons. The Hall–Kier alpha value is -1.74. The fourth-order valence-electron chi connectivity index (χ4n) is 1.77. The lowest BCUT2D eigenvalue weighted by Gasteiger charge is -2.06. The van der Waals surface area contributed by atoms with Gasteiger partial charge in [-0.1, -0.05) is 19.1 Å². The monoisotopic (exact) mass is 271 g/mol. The summed E-state index contributed by atoms with van der Waals surface area (Å²) in [5.41, 5.74) is 2.74. The van der Waals surface area contributed by atoms with Crippen molar-refractivity contribution in [2.24, 2.45) is 0 Å². The highest BCUT2D eigenvalue weighted by Gasteiger charge is 2.05. The predicted molar refractivity (Wildman–Crippen MR) is 82.0 cm³/mol. The Kier molecular flexibility index (Phi) is 4.63. The number of carbonyl (C=O) groups is 1. The van der Waals surface area contributed by atoms with Gasteiger partial charge in [0.2, 0.25) is 0 Å². The van der Waals surface area contributed by atoms with Crippen molar-refractivity contribution in [3.05, 3.63) is 59.7 Å². The Morgan fingerprint density at radius 3 is 2.21 bits per heavy atom. The Morgan fingerprint density at radius 2 is 1.68 bits per heavy atom. The standard InChI is InChI=1S/C16H17NOS/c1-3-12-4-6-13(7-5-12)16(18)17-14-8-10-15(19-2)11-9-14/h4-11H,3H2,1-2H3,(H,17,18). The van der Waals surface area contributed by atoms with Gasteiger partial charge in [0.15, 0.2) is 0 Å². The first-order chi connectivity index (χ1) is 9.22. The van der Waals surface area contributed by atoms with Gasteiger partial charge in [0.25, 0.3) is 5.91 Å². The molecule has 0 bridgehead atoms. The molecule has 2 rings (SSSR count). The molecule has 1 N–H and O–H groups in total. The summed E-state index contributed by atoms with van der Waals surface area (Å²) in [5, 5.41) is 2.90. The highest BCUT2D eigenvalue weighted by molar-refractivity contribution is 7.98. The van der Waals surface area contributed by atoms with E-state index in [1.54, 1.807) is 11.8 Å². The van der Waals surface area contributed by atoms with Crippen LogP contribution in [0.4, 0.5) is 5.69 Å². The molecular weight excluding hydrogens is 254 g/mol. The molecule has 0 atom stereocenters. The Morgan fingerprint density at radius 1 is 1.05 bits per heavy atom. The quantitative estimate of drug-likeness (QED) is 0.843. The first-order valence-corrected chi connectivity index (χ1v) is 7.49. The van der Waals surface area contributed by atoms with Gasteiger partial charge in [0, 0.05) is 16.1 Å². The van der Waals surface area contributed by atoms with Crippen LogP contribution < -0.4 is 5.32 Å². The molecule has 0 saturated carbocycles. The van der Waals surface area contributed by atoms with E-state index >= 15 is 0 Å². The van der Waals surface area contributed by atoms with Crippen LogP contribution in [0.25, 0.3) is 0 Å². The van der Waals surface area contributed by atoms with Crippen LogP contribution in [0, 0.1) is 0 Å². The number of nitrogens with one attached hydrogen (secondary N) is 1. The molecule has 2 nitrogen and oxygen atoms in total. The molecule has 0 unspecified atom stereocenters. The second-order valence-corrected chi connectivity index (χ2v) is 5.11. The van der Waals surface area contributed by atoms with Crippen LogP contribution >= 0.6 is 11.8 Å². The second-order valence-electron chi connectivity index (χ2n) is 4.23. The lowest BCUT2D eigenvalue weighted by atomic mass is 10.1. The summed E-state index contributed by atoms with van der Waals surface area (Å²) in [6, 6.07) is 15.6. The van der Waals surface area contributed by atoms with Crippen molar-refractivity contribution < 1.29 is 4.79 Å². The molecule has 0 aliphatic carbocycles. The third-order valence-electron chi connectivity index (χ3n) is 2.97. The highest BCUT2D eigenvalue weighted by Crippen LogP contribution is 2.18. The number of hydrogen-bond acceptors (Lipinski definition) is 2. The summed E-state index contributed by atoms with van der Waals surface area (Å²) in [6.07, 6.45) is 3.01. The molecule has 0 fully saturated rings. The lowest BCUT2D eigenvalue weighted by Crippen LogP contribution is -2.11. The van der Waals surface area contributed by atoms with Crippen LogP contribution in [0.15, 0.2) is 53.4 Å². The van der Waals surface area contributed by atoms with E-state index in [0.29, 0.717) is 5.56 Å². The zero-order valence-electron chi connectivity index (χ0n) is 11.1. The van der Waals surface area contributed by atoms with E-state index in [-0.39, 0.29) is 5.91 Å². The maximum Gasteiger partial charge on any atom is 0.255 e. The minimum Gasteiger partial charge on any atom is -0.322 e. The largest absolute Gasteiger partial charge is 0.322 e. The molecule has 0 heterocycles.